The van der Waals surface area contributed by atoms with Crippen molar-refractivity contribution in [2.24, 2.45) is 5.73 Å². The minimum Gasteiger partial charge on any atom is -0.389 e. The molecule has 1 heterocycles. The molecule has 1 fully saturated rings. The number of rotatable bonds is 2. The quantitative estimate of drug-likeness (QED) is 0.830. The van der Waals surface area contributed by atoms with E-state index in [2.05, 4.69) is 0 Å². The van der Waals surface area contributed by atoms with Gasteiger partial charge in [0.05, 0.1) is 0 Å². The fourth-order valence-corrected chi connectivity index (χ4v) is 2.23. The summed E-state index contributed by atoms with van der Waals surface area (Å²) in [4.78, 5) is 16.1. The first-order valence-corrected chi connectivity index (χ1v) is 6.43. The highest BCUT2D eigenvalue weighted by atomic mass is 32.1. The number of nitrogens with two attached hydrogens (primary N) is 1. The number of likely N-dealkylation sites (tertiary alicyclic amines) is 1. The average molecular weight is 263 g/mol. The standard InChI is InChI=1S/C13H17N3OS/c1-15(13(17)16-7-2-3-8-16)11-6-4-5-10(9-11)12(14)18/h4-6,9H,2-3,7-8H2,1H3,(H2,14,18). The maximum Gasteiger partial charge on any atom is 0.324 e. The maximum atomic E-state index is 12.2. The van der Waals surface area contributed by atoms with Gasteiger partial charge in [-0.3, -0.25) is 4.90 Å². The molecule has 1 aromatic carbocycles. The molecule has 1 aliphatic heterocycles. The number of carbonyl (C=O) groups is 1. The molecule has 0 aliphatic carbocycles. The number of benzene rings is 1. The summed E-state index contributed by atoms with van der Waals surface area (Å²) in [6, 6.07) is 7.47. The SMILES string of the molecule is CN(C(=O)N1CCCC1)c1cccc(C(N)=S)c1. The number of anilines is 1. The van der Waals surface area contributed by atoms with E-state index in [-0.39, 0.29) is 6.03 Å². The van der Waals surface area contributed by atoms with Crippen LogP contribution in [0.4, 0.5) is 10.5 Å². The Balaban J connectivity index is 2.17. The summed E-state index contributed by atoms with van der Waals surface area (Å²) in [7, 11) is 1.78. The largest absolute Gasteiger partial charge is 0.389 e. The number of carbonyl (C=O) groups excluding carboxylic acids is 1. The fourth-order valence-electron chi connectivity index (χ4n) is 2.10. The third kappa shape index (κ3) is 2.61. The Kier molecular flexibility index (Phi) is 3.81. The number of hydrogen-bond acceptors (Lipinski definition) is 2. The van der Waals surface area contributed by atoms with E-state index in [9.17, 15) is 4.79 Å². The van der Waals surface area contributed by atoms with Crippen LogP contribution in [0.15, 0.2) is 24.3 Å². The Bertz CT molecular complexity index is 469. The van der Waals surface area contributed by atoms with Crippen LogP contribution >= 0.6 is 12.2 Å². The van der Waals surface area contributed by atoms with E-state index in [1.807, 2.05) is 29.2 Å². The highest BCUT2D eigenvalue weighted by molar-refractivity contribution is 7.80. The van der Waals surface area contributed by atoms with Gasteiger partial charge < -0.3 is 10.6 Å². The van der Waals surface area contributed by atoms with Crippen LogP contribution < -0.4 is 10.6 Å². The van der Waals surface area contributed by atoms with Crippen molar-refractivity contribution >= 4 is 28.9 Å². The molecule has 1 saturated heterocycles. The molecule has 18 heavy (non-hydrogen) atoms. The van der Waals surface area contributed by atoms with Gasteiger partial charge in [-0.15, -0.1) is 0 Å². The van der Waals surface area contributed by atoms with Crippen molar-refractivity contribution in [1.82, 2.24) is 4.90 Å². The fraction of sp³-hybridized carbons (Fsp3) is 0.385. The molecule has 4 nitrogen and oxygen atoms in total. The number of hydrogen-bond donors (Lipinski definition) is 1. The zero-order valence-corrected chi connectivity index (χ0v) is 11.2. The van der Waals surface area contributed by atoms with Crippen molar-refractivity contribution in [3.8, 4) is 0 Å². The summed E-state index contributed by atoms with van der Waals surface area (Å²) in [5.74, 6) is 0. The Hall–Kier alpha value is -1.62. The minimum absolute atomic E-state index is 0.0348. The summed E-state index contributed by atoms with van der Waals surface area (Å²) >= 11 is 4.95. The first kappa shape index (κ1) is 12.8. The monoisotopic (exact) mass is 263 g/mol. The molecule has 0 unspecified atom stereocenters. The van der Waals surface area contributed by atoms with Crippen molar-refractivity contribution in [2.75, 3.05) is 25.0 Å². The van der Waals surface area contributed by atoms with Crippen molar-refractivity contribution in [3.63, 3.8) is 0 Å². The molecule has 2 N–H and O–H groups in total. The van der Waals surface area contributed by atoms with Crippen LogP contribution in [-0.2, 0) is 0 Å². The normalized spacial score (nSPS) is 14.6. The van der Waals surface area contributed by atoms with Gasteiger partial charge in [-0.05, 0) is 25.0 Å². The van der Waals surface area contributed by atoms with Gasteiger partial charge in [0, 0.05) is 31.4 Å². The summed E-state index contributed by atoms with van der Waals surface area (Å²) in [6.07, 6.45) is 2.18. The summed E-state index contributed by atoms with van der Waals surface area (Å²) < 4.78 is 0. The number of amides is 2. The minimum atomic E-state index is 0.0348. The second kappa shape index (κ2) is 5.35. The summed E-state index contributed by atoms with van der Waals surface area (Å²) in [6.45, 7) is 1.69. The molecule has 2 rings (SSSR count). The van der Waals surface area contributed by atoms with Crippen LogP contribution in [0.3, 0.4) is 0 Å². The highest BCUT2D eigenvalue weighted by Gasteiger charge is 2.22. The Morgan fingerprint density at radius 1 is 1.39 bits per heavy atom. The van der Waals surface area contributed by atoms with Crippen molar-refractivity contribution in [1.29, 1.82) is 0 Å². The molecule has 0 aromatic heterocycles. The molecule has 96 valence electrons. The molecular formula is C13H17N3OS. The molecule has 0 atom stereocenters. The van der Waals surface area contributed by atoms with Gasteiger partial charge in [0.2, 0.25) is 0 Å². The van der Waals surface area contributed by atoms with Gasteiger partial charge in [-0.25, -0.2) is 4.79 Å². The van der Waals surface area contributed by atoms with E-state index in [0.717, 1.165) is 37.2 Å². The van der Waals surface area contributed by atoms with Gasteiger partial charge >= 0.3 is 6.03 Å². The lowest BCUT2D eigenvalue weighted by Gasteiger charge is -2.24. The Morgan fingerprint density at radius 3 is 2.67 bits per heavy atom. The smallest absolute Gasteiger partial charge is 0.324 e. The predicted octanol–water partition coefficient (Wildman–Crippen LogP) is 1.97. The third-order valence-electron chi connectivity index (χ3n) is 3.18. The van der Waals surface area contributed by atoms with Crippen LogP contribution in [0.2, 0.25) is 0 Å². The molecule has 0 spiro atoms. The first-order chi connectivity index (χ1) is 8.59. The van der Waals surface area contributed by atoms with Gasteiger partial charge in [-0.1, -0.05) is 24.4 Å². The molecular weight excluding hydrogens is 246 g/mol. The highest BCUT2D eigenvalue weighted by Crippen LogP contribution is 2.18. The van der Waals surface area contributed by atoms with Gasteiger partial charge in [0.25, 0.3) is 0 Å². The molecule has 1 aromatic rings. The van der Waals surface area contributed by atoms with E-state index < -0.39 is 0 Å². The van der Waals surface area contributed by atoms with Crippen LogP contribution in [0.5, 0.6) is 0 Å². The van der Waals surface area contributed by atoms with Gasteiger partial charge in [-0.2, -0.15) is 0 Å². The van der Waals surface area contributed by atoms with Crippen LogP contribution in [0.25, 0.3) is 0 Å². The lowest BCUT2D eigenvalue weighted by Crippen LogP contribution is -2.39. The van der Waals surface area contributed by atoms with Gasteiger partial charge in [0.15, 0.2) is 0 Å². The molecule has 0 radical (unpaired) electrons. The predicted molar refractivity (Wildman–Crippen MR) is 76.9 cm³/mol. The molecule has 1 aliphatic rings. The number of nitrogens with zero attached hydrogens (tertiary/aromatic N) is 2. The lowest BCUT2D eigenvalue weighted by atomic mass is 10.2. The van der Waals surface area contributed by atoms with Crippen molar-refractivity contribution in [3.05, 3.63) is 29.8 Å². The maximum absolute atomic E-state index is 12.2. The third-order valence-corrected chi connectivity index (χ3v) is 3.42. The number of thiocarbonyl (C=S) groups is 1. The van der Waals surface area contributed by atoms with E-state index in [1.54, 1.807) is 11.9 Å². The van der Waals surface area contributed by atoms with Crippen LogP contribution in [0.1, 0.15) is 18.4 Å². The molecule has 5 heteroatoms. The molecule has 0 bridgehead atoms. The first-order valence-electron chi connectivity index (χ1n) is 6.02. The van der Waals surface area contributed by atoms with Gasteiger partial charge in [0.1, 0.15) is 4.99 Å². The van der Waals surface area contributed by atoms with Crippen molar-refractivity contribution in [2.45, 2.75) is 12.8 Å². The Morgan fingerprint density at radius 2 is 2.06 bits per heavy atom. The van der Waals surface area contributed by atoms with Crippen LogP contribution in [0, 0.1) is 0 Å². The molecule has 2 amide bonds. The topological polar surface area (TPSA) is 49.6 Å². The second-order valence-electron chi connectivity index (χ2n) is 4.45. The second-order valence-corrected chi connectivity index (χ2v) is 4.89. The average Bonchev–Trinajstić information content (AvgIpc) is 2.91. The lowest BCUT2D eigenvalue weighted by molar-refractivity contribution is 0.217. The number of urea groups is 1. The summed E-state index contributed by atoms with van der Waals surface area (Å²) in [5.41, 5.74) is 7.20. The van der Waals surface area contributed by atoms with Crippen LogP contribution in [-0.4, -0.2) is 36.1 Å². The molecule has 0 saturated carbocycles. The summed E-state index contributed by atoms with van der Waals surface area (Å²) in [5, 5.41) is 0. The zero-order chi connectivity index (χ0) is 13.1. The van der Waals surface area contributed by atoms with E-state index in [4.69, 9.17) is 18.0 Å². The van der Waals surface area contributed by atoms with Crippen molar-refractivity contribution < 1.29 is 4.79 Å². The Labute approximate surface area is 112 Å². The zero-order valence-electron chi connectivity index (χ0n) is 10.4. The van der Waals surface area contributed by atoms with E-state index in [0.29, 0.717) is 4.99 Å². The van der Waals surface area contributed by atoms with E-state index in [1.165, 1.54) is 0 Å². The van der Waals surface area contributed by atoms with E-state index >= 15 is 0 Å².